The molecular formula is C21H17FN2O2. The average molecular weight is 348 g/mol. The van der Waals surface area contributed by atoms with Crippen LogP contribution in [0.25, 0.3) is 10.8 Å². The Kier molecular flexibility index (Phi) is 3.72. The number of hydrogen-bond acceptors (Lipinski definition) is 2. The van der Waals surface area contributed by atoms with Crippen molar-refractivity contribution in [3.05, 3.63) is 83.7 Å². The van der Waals surface area contributed by atoms with Crippen LogP contribution < -0.4 is 5.32 Å². The molecule has 0 aliphatic carbocycles. The number of nitrogens with one attached hydrogen (secondary N) is 1. The molecule has 1 aliphatic heterocycles. The standard InChI is InChI=1S/C21H17FN2O2/c1-21(18-8-4-6-15-5-2-3-7-17(15)18)19(25)24(20(26)23-21)13-14-9-11-16(22)12-10-14/h2-12H,13H2,1H3,(H,23,26). The number of halogens is 1. The van der Waals surface area contributed by atoms with Crippen LogP contribution in [0, 0.1) is 5.82 Å². The van der Waals surface area contributed by atoms with Gasteiger partial charge in [0.2, 0.25) is 0 Å². The van der Waals surface area contributed by atoms with Crippen molar-refractivity contribution in [1.29, 1.82) is 0 Å². The average Bonchev–Trinajstić information content (AvgIpc) is 2.87. The summed E-state index contributed by atoms with van der Waals surface area (Å²) in [6.45, 7) is 1.82. The summed E-state index contributed by atoms with van der Waals surface area (Å²) in [6.07, 6.45) is 0. The monoisotopic (exact) mass is 348 g/mol. The number of benzene rings is 3. The molecule has 0 radical (unpaired) electrons. The Hall–Kier alpha value is -3.21. The summed E-state index contributed by atoms with van der Waals surface area (Å²) in [5, 5.41) is 4.76. The van der Waals surface area contributed by atoms with Gasteiger partial charge in [0.25, 0.3) is 5.91 Å². The van der Waals surface area contributed by atoms with Crippen molar-refractivity contribution in [2.75, 3.05) is 0 Å². The van der Waals surface area contributed by atoms with Crippen LogP contribution in [0.3, 0.4) is 0 Å². The van der Waals surface area contributed by atoms with Crippen molar-refractivity contribution in [2.45, 2.75) is 19.0 Å². The van der Waals surface area contributed by atoms with Crippen molar-refractivity contribution in [3.8, 4) is 0 Å². The molecule has 3 aromatic carbocycles. The largest absolute Gasteiger partial charge is 0.325 e. The zero-order valence-electron chi connectivity index (χ0n) is 14.2. The van der Waals surface area contributed by atoms with E-state index in [9.17, 15) is 14.0 Å². The Morgan fingerprint density at radius 3 is 2.42 bits per heavy atom. The Morgan fingerprint density at radius 2 is 1.65 bits per heavy atom. The molecule has 0 saturated carbocycles. The lowest BCUT2D eigenvalue weighted by atomic mass is 9.88. The highest BCUT2D eigenvalue weighted by atomic mass is 19.1. The van der Waals surface area contributed by atoms with Crippen molar-refractivity contribution in [1.82, 2.24) is 10.2 Å². The molecule has 1 heterocycles. The normalized spacial score (nSPS) is 19.8. The zero-order valence-corrected chi connectivity index (χ0v) is 14.2. The van der Waals surface area contributed by atoms with Crippen molar-refractivity contribution in [3.63, 3.8) is 0 Å². The van der Waals surface area contributed by atoms with Crippen LogP contribution in [-0.4, -0.2) is 16.8 Å². The molecule has 1 fully saturated rings. The van der Waals surface area contributed by atoms with Gasteiger partial charge in [0, 0.05) is 0 Å². The summed E-state index contributed by atoms with van der Waals surface area (Å²) in [5.74, 6) is -0.672. The fourth-order valence-corrected chi connectivity index (χ4v) is 3.46. The Balaban J connectivity index is 1.72. The number of hydrogen-bond donors (Lipinski definition) is 1. The first-order valence-electron chi connectivity index (χ1n) is 8.36. The van der Waals surface area contributed by atoms with Gasteiger partial charge in [0.05, 0.1) is 6.54 Å². The topological polar surface area (TPSA) is 49.4 Å². The van der Waals surface area contributed by atoms with Crippen LogP contribution in [-0.2, 0) is 16.9 Å². The van der Waals surface area contributed by atoms with Gasteiger partial charge in [-0.05, 0) is 41.0 Å². The van der Waals surface area contributed by atoms with Gasteiger partial charge in [0.15, 0.2) is 0 Å². The maximum atomic E-state index is 13.1. The van der Waals surface area contributed by atoms with Crippen LogP contribution in [0.4, 0.5) is 9.18 Å². The number of carbonyl (C=O) groups is 2. The van der Waals surface area contributed by atoms with E-state index < -0.39 is 11.6 Å². The molecule has 1 saturated heterocycles. The van der Waals surface area contributed by atoms with E-state index in [1.807, 2.05) is 42.5 Å². The van der Waals surface area contributed by atoms with Gasteiger partial charge in [-0.1, -0.05) is 54.6 Å². The highest BCUT2D eigenvalue weighted by molar-refractivity contribution is 6.09. The van der Waals surface area contributed by atoms with Crippen LogP contribution in [0.2, 0.25) is 0 Å². The molecule has 1 unspecified atom stereocenters. The van der Waals surface area contributed by atoms with Crippen molar-refractivity contribution in [2.24, 2.45) is 0 Å². The molecule has 1 N–H and O–H groups in total. The van der Waals surface area contributed by atoms with Crippen molar-refractivity contribution >= 4 is 22.7 Å². The van der Waals surface area contributed by atoms with Gasteiger partial charge in [-0.15, -0.1) is 0 Å². The van der Waals surface area contributed by atoms with Gasteiger partial charge in [-0.25, -0.2) is 9.18 Å². The third kappa shape index (κ3) is 2.52. The summed E-state index contributed by atoms with van der Waals surface area (Å²) < 4.78 is 13.1. The molecular weight excluding hydrogens is 331 g/mol. The number of imide groups is 1. The van der Waals surface area contributed by atoms with Crippen molar-refractivity contribution < 1.29 is 14.0 Å². The summed E-state index contributed by atoms with van der Waals surface area (Å²) in [6, 6.07) is 18.8. The molecule has 0 spiro atoms. The zero-order chi connectivity index (χ0) is 18.3. The van der Waals surface area contributed by atoms with Crippen LogP contribution in [0.5, 0.6) is 0 Å². The third-order valence-electron chi connectivity index (χ3n) is 4.86. The molecule has 0 bridgehead atoms. The van der Waals surface area contributed by atoms with Gasteiger partial charge < -0.3 is 5.32 Å². The maximum absolute atomic E-state index is 13.1. The Bertz CT molecular complexity index is 1010. The molecule has 4 rings (SSSR count). The number of carbonyl (C=O) groups excluding carboxylic acids is 2. The lowest BCUT2D eigenvalue weighted by molar-refractivity contribution is -0.131. The summed E-state index contributed by atoms with van der Waals surface area (Å²) >= 11 is 0. The minimum absolute atomic E-state index is 0.102. The van der Waals surface area contributed by atoms with Crippen LogP contribution in [0.15, 0.2) is 66.7 Å². The van der Waals surface area contributed by atoms with Gasteiger partial charge in [0.1, 0.15) is 11.4 Å². The van der Waals surface area contributed by atoms with E-state index in [0.717, 1.165) is 16.3 Å². The van der Waals surface area contributed by atoms with E-state index in [1.165, 1.54) is 17.0 Å². The van der Waals surface area contributed by atoms with E-state index in [0.29, 0.717) is 5.56 Å². The molecule has 1 aliphatic rings. The van der Waals surface area contributed by atoms with Gasteiger partial charge >= 0.3 is 6.03 Å². The third-order valence-corrected chi connectivity index (χ3v) is 4.86. The number of amides is 3. The Labute approximate surface area is 150 Å². The second kappa shape index (κ2) is 5.95. The van der Waals surface area contributed by atoms with E-state index in [-0.39, 0.29) is 18.3 Å². The smallest absolute Gasteiger partial charge is 0.319 e. The predicted molar refractivity (Wildman–Crippen MR) is 96.8 cm³/mol. The minimum atomic E-state index is -1.14. The maximum Gasteiger partial charge on any atom is 0.325 e. The van der Waals surface area contributed by atoms with E-state index in [1.54, 1.807) is 19.1 Å². The summed E-state index contributed by atoms with van der Waals surface area (Å²) in [7, 11) is 0. The lowest BCUT2D eigenvalue weighted by Crippen LogP contribution is -2.41. The molecule has 5 heteroatoms. The molecule has 4 nitrogen and oxygen atoms in total. The molecule has 130 valence electrons. The number of urea groups is 1. The fraction of sp³-hybridized carbons (Fsp3) is 0.143. The first-order chi connectivity index (χ1) is 12.5. The first kappa shape index (κ1) is 16.3. The molecule has 26 heavy (non-hydrogen) atoms. The number of rotatable bonds is 3. The summed E-state index contributed by atoms with van der Waals surface area (Å²) in [5.41, 5.74) is 0.311. The summed E-state index contributed by atoms with van der Waals surface area (Å²) in [4.78, 5) is 26.8. The molecule has 1 atom stereocenters. The predicted octanol–water partition coefficient (Wildman–Crippen LogP) is 3.95. The van der Waals surface area contributed by atoms with Crippen LogP contribution in [0.1, 0.15) is 18.1 Å². The van der Waals surface area contributed by atoms with E-state index >= 15 is 0 Å². The molecule has 0 aromatic heterocycles. The quantitative estimate of drug-likeness (QED) is 0.729. The Morgan fingerprint density at radius 1 is 0.962 bits per heavy atom. The van der Waals surface area contributed by atoms with E-state index in [4.69, 9.17) is 0 Å². The highest BCUT2D eigenvalue weighted by Gasteiger charge is 2.49. The van der Waals surface area contributed by atoms with Gasteiger partial charge in [-0.3, -0.25) is 9.69 Å². The minimum Gasteiger partial charge on any atom is -0.319 e. The molecule has 3 aromatic rings. The molecule has 3 amide bonds. The number of nitrogens with zero attached hydrogens (tertiary/aromatic N) is 1. The lowest BCUT2D eigenvalue weighted by Gasteiger charge is -2.24. The van der Waals surface area contributed by atoms with Crippen LogP contribution >= 0.6 is 0 Å². The van der Waals surface area contributed by atoms with E-state index in [2.05, 4.69) is 5.32 Å². The second-order valence-corrected chi connectivity index (χ2v) is 6.60. The van der Waals surface area contributed by atoms with Gasteiger partial charge in [-0.2, -0.15) is 0 Å². The first-order valence-corrected chi connectivity index (χ1v) is 8.36. The fourth-order valence-electron chi connectivity index (χ4n) is 3.46. The highest BCUT2D eigenvalue weighted by Crippen LogP contribution is 2.34. The number of fused-ring (bicyclic) bond motifs is 1. The second-order valence-electron chi connectivity index (χ2n) is 6.60. The SMILES string of the molecule is CC1(c2cccc3ccccc23)NC(=O)N(Cc2ccc(F)cc2)C1=O.